The zero-order valence-electron chi connectivity index (χ0n) is 7.46. The topological polar surface area (TPSA) is 61.4 Å². The molecule has 0 aliphatic carbocycles. The second-order valence-electron chi connectivity index (χ2n) is 2.65. The van der Waals surface area contributed by atoms with Gasteiger partial charge in [0.15, 0.2) is 0 Å². The van der Waals surface area contributed by atoms with Crippen LogP contribution in [0.4, 0.5) is 0 Å². The Balaban J connectivity index is 2.39. The number of benzene rings is 1. The Bertz CT molecular complexity index is 317. The molecule has 0 fully saturated rings. The van der Waals surface area contributed by atoms with Crippen LogP contribution in [-0.4, -0.2) is 17.6 Å². The number of hydrogen-bond acceptors (Lipinski definition) is 3. The highest BCUT2D eigenvalue weighted by Crippen LogP contribution is 2.13. The second-order valence-corrected chi connectivity index (χ2v) is 3.06. The molecular formula is C9H11ClN2O2. The van der Waals surface area contributed by atoms with Crippen LogP contribution in [0.5, 0.6) is 0 Å². The van der Waals surface area contributed by atoms with E-state index in [1.807, 2.05) is 18.2 Å². The summed E-state index contributed by atoms with van der Waals surface area (Å²) in [6.45, 7) is -0.110. The van der Waals surface area contributed by atoms with Crippen molar-refractivity contribution in [2.45, 2.75) is 6.54 Å². The van der Waals surface area contributed by atoms with Crippen molar-refractivity contribution in [1.82, 2.24) is 10.9 Å². The zero-order chi connectivity index (χ0) is 10.4. The molecule has 0 unspecified atom stereocenters. The molecule has 0 saturated heterocycles. The number of carbonyl (C=O) groups is 1. The molecule has 3 N–H and O–H groups in total. The van der Waals surface area contributed by atoms with E-state index in [0.29, 0.717) is 11.6 Å². The molecule has 0 aliphatic heterocycles. The quantitative estimate of drug-likeness (QED) is 0.638. The number of carbonyl (C=O) groups excluding carboxylic acids is 1. The number of nitrogens with one attached hydrogen (secondary N) is 2. The van der Waals surface area contributed by atoms with Gasteiger partial charge in [-0.25, -0.2) is 5.43 Å². The SMILES string of the molecule is O=C(CO)NNCc1ccccc1Cl. The number of amides is 1. The summed E-state index contributed by atoms with van der Waals surface area (Å²) in [5.74, 6) is -0.475. The van der Waals surface area contributed by atoms with Crippen LogP contribution < -0.4 is 10.9 Å². The predicted molar refractivity (Wildman–Crippen MR) is 53.5 cm³/mol. The Labute approximate surface area is 86.9 Å². The molecule has 1 aromatic carbocycles. The van der Waals surface area contributed by atoms with Crippen LogP contribution >= 0.6 is 11.6 Å². The highest BCUT2D eigenvalue weighted by atomic mass is 35.5. The number of halogens is 1. The smallest absolute Gasteiger partial charge is 0.259 e. The second kappa shape index (κ2) is 5.59. The van der Waals surface area contributed by atoms with Gasteiger partial charge in [0, 0.05) is 11.6 Å². The van der Waals surface area contributed by atoms with Crippen molar-refractivity contribution in [3.8, 4) is 0 Å². The summed E-state index contributed by atoms with van der Waals surface area (Å²) in [7, 11) is 0. The fourth-order valence-corrected chi connectivity index (χ4v) is 1.12. The summed E-state index contributed by atoms with van der Waals surface area (Å²) >= 11 is 5.87. The number of aliphatic hydroxyl groups excluding tert-OH is 1. The maximum atomic E-state index is 10.6. The molecule has 1 rings (SSSR count). The maximum Gasteiger partial charge on any atom is 0.259 e. The van der Waals surface area contributed by atoms with Crippen molar-refractivity contribution in [1.29, 1.82) is 0 Å². The van der Waals surface area contributed by atoms with Gasteiger partial charge < -0.3 is 5.11 Å². The molecule has 1 amide bonds. The standard InChI is InChI=1S/C9H11ClN2O2/c10-8-4-2-1-3-7(8)5-11-12-9(14)6-13/h1-4,11,13H,5-6H2,(H,12,14). The van der Waals surface area contributed by atoms with Crippen LogP contribution in [0.2, 0.25) is 5.02 Å². The van der Waals surface area contributed by atoms with Crippen LogP contribution in [0, 0.1) is 0 Å². The van der Waals surface area contributed by atoms with Crippen LogP contribution in [0.25, 0.3) is 0 Å². The maximum absolute atomic E-state index is 10.6. The Morgan fingerprint density at radius 1 is 1.43 bits per heavy atom. The fourth-order valence-electron chi connectivity index (χ4n) is 0.919. The lowest BCUT2D eigenvalue weighted by molar-refractivity contribution is -0.124. The molecule has 1 aromatic rings. The Kier molecular flexibility index (Phi) is 4.39. The lowest BCUT2D eigenvalue weighted by atomic mass is 10.2. The predicted octanol–water partition coefficient (Wildman–Crippen LogP) is 0.453. The minimum atomic E-state index is -0.532. The summed E-state index contributed by atoms with van der Waals surface area (Å²) in [6.07, 6.45) is 0. The molecule has 0 saturated carbocycles. The Morgan fingerprint density at radius 2 is 2.14 bits per heavy atom. The first-order chi connectivity index (χ1) is 6.74. The Hall–Kier alpha value is -1.10. The van der Waals surface area contributed by atoms with Crippen LogP contribution in [0.1, 0.15) is 5.56 Å². The molecule has 0 atom stereocenters. The summed E-state index contributed by atoms with van der Waals surface area (Å²) < 4.78 is 0. The van der Waals surface area contributed by atoms with E-state index in [1.165, 1.54) is 0 Å². The largest absolute Gasteiger partial charge is 0.386 e. The zero-order valence-corrected chi connectivity index (χ0v) is 8.21. The van der Waals surface area contributed by atoms with Gasteiger partial charge >= 0.3 is 0 Å². The van der Waals surface area contributed by atoms with Crippen molar-refractivity contribution < 1.29 is 9.90 Å². The van der Waals surface area contributed by atoms with E-state index in [0.717, 1.165) is 5.56 Å². The third kappa shape index (κ3) is 3.33. The van der Waals surface area contributed by atoms with Gasteiger partial charge in [-0.15, -0.1) is 0 Å². The molecule has 14 heavy (non-hydrogen) atoms. The van der Waals surface area contributed by atoms with E-state index in [2.05, 4.69) is 10.9 Å². The number of hydrogen-bond donors (Lipinski definition) is 3. The first kappa shape index (κ1) is 11.0. The molecule has 0 bridgehead atoms. The molecular weight excluding hydrogens is 204 g/mol. The van der Waals surface area contributed by atoms with Gasteiger partial charge in [0.2, 0.25) is 0 Å². The third-order valence-electron chi connectivity index (χ3n) is 1.61. The first-order valence-electron chi connectivity index (χ1n) is 4.10. The molecule has 0 heterocycles. The van der Waals surface area contributed by atoms with E-state index < -0.39 is 12.5 Å². The lowest BCUT2D eigenvalue weighted by Crippen LogP contribution is -2.38. The van der Waals surface area contributed by atoms with Crippen molar-refractivity contribution in [2.75, 3.05) is 6.61 Å². The van der Waals surface area contributed by atoms with E-state index in [9.17, 15) is 4.79 Å². The highest BCUT2D eigenvalue weighted by Gasteiger charge is 1.99. The van der Waals surface area contributed by atoms with Crippen LogP contribution in [0.3, 0.4) is 0 Å². The lowest BCUT2D eigenvalue weighted by Gasteiger charge is -2.06. The van der Waals surface area contributed by atoms with E-state index in [1.54, 1.807) is 6.07 Å². The van der Waals surface area contributed by atoms with Gasteiger partial charge in [-0.3, -0.25) is 10.2 Å². The summed E-state index contributed by atoms with van der Waals surface area (Å²) in [4.78, 5) is 10.6. The average molecular weight is 215 g/mol. The molecule has 4 nitrogen and oxygen atoms in total. The fraction of sp³-hybridized carbons (Fsp3) is 0.222. The van der Waals surface area contributed by atoms with Crippen molar-refractivity contribution in [2.24, 2.45) is 0 Å². The Morgan fingerprint density at radius 3 is 2.79 bits per heavy atom. The highest BCUT2D eigenvalue weighted by molar-refractivity contribution is 6.31. The normalized spacial score (nSPS) is 9.86. The van der Waals surface area contributed by atoms with Gasteiger partial charge in [-0.05, 0) is 11.6 Å². The van der Waals surface area contributed by atoms with Gasteiger partial charge in [0.05, 0.1) is 0 Å². The van der Waals surface area contributed by atoms with Crippen molar-refractivity contribution in [3.63, 3.8) is 0 Å². The van der Waals surface area contributed by atoms with Crippen LogP contribution in [0.15, 0.2) is 24.3 Å². The summed E-state index contributed by atoms with van der Waals surface area (Å²) in [5, 5.41) is 9.05. The number of rotatable bonds is 4. The summed E-state index contributed by atoms with van der Waals surface area (Å²) in [5.41, 5.74) is 5.84. The van der Waals surface area contributed by atoms with Gasteiger partial charge in [0.25, 0.3) is 5.91 Å². The first-order valence-corrected chi connectivity index (χ1v) is 4.48. The molecule has 0 radical (unpaired) electrons. The summed E-state index contributed by atoms with van der Waals surface area (Å²) in [6, 6.07) is 7.31. The van der Waals surface area contributed by atoms with E-state index >= 15 is 0 Å². The molecule has 5 heteroatoms. The van der Waals surface area contributed by atoms with E-state index in [4.69, 9.17) is 16.7 Å². The van der Waals surface area contributed by atoms with Gasteiger partial charge in [-0.1, -0.05) is 29.8 Å². The van der Waals surface area contributed by atoms with Gasteiger partial charge in [-0.2, -0.15) is 0 Å². The van der Waals surface area contributed by atoms with Gasteiger partial charge in [0.1, 0.15) is 6.61 Å². The van der Waals surface area contributed by atoms with E-state index in [-0.39, 0.29) is 0 Å². The number of aliphatic hydroxyl groups is 1. The van der Waals surface area contributed by atoms with Crippen LogP contribution in [-0.2, 0) is 11.3 Å². The molecule has 0 aromatic heterocycles. The molecule has 0 aliphatic rings. The average Bonchev–Trinajstić information content (AvgIpc) is 2.20. The third-order valence-corrected chi connectivity index (χ3v) is 1.98. The monoisotopic (exact) mass is 214 g/mol. The minimum Gasteiger partial charge on any atom is -0.386 e. The minimum absolute atomic E-state index is 0.422. The van der Waals surface area contributed by atoms with Crippen molar-refractivity contribution >= 4 is 17.5 Å². The van der Waals surface area contributed by atoms with Crippen molar-refractivity contribution in [3.05, 3.63) is 34.9 Å². The molecule has 76 valence electrons. The molecule has 0 spiro atoms. The number of hydrazine groups is 1.